The molecule has 0 amide bonds. The van der Waals surface area contributed by atoms with Crippen molar-refractivity contribution in [3.8, 4) is 11.4 Å². The molecule has 2 heterocycles. The molecule has 6 heteroatoms. The van der Waals surface area contributed by atoms with Crippen LogP contribution in [0.15, 0.2) is 30.3 Å². The van der Waals surface area contributed by atoms with E-state index in [1.54, 1.807) is 18.2 Å². The van der Waals surface area contributed by atoms with Crippen LogP contribution in [0.25, 0.3) is 11.4 Å². The maximum atomic E-state index is 13.9. The van der Waals surface area contributed by atoms with Crippen LogP contribution in [-0.2, 0) is 0 Å². The monoisotopic (exact) mass is 287 g/mol. The third-order valence-corrected chi connectivity index (χ3v) is 3.48. The van der Waals surface area contributed by atoms with Gasteiger partial charge in [-0.15, -0.1) is 0 Å². The molecule has 1 N–H and O–H groups in total. The topological polar surface area (TPSA) is 66.3 Å². The van der Waals surface area contributed by atoms with E-state index in [1.807, 2.05) is 4.90 Å². The van der Waals surface area contributed by atoms with Crippen molar-refractivity contribution in [1.29, 1.82) is 0 Å². The maximum absolute atomic E-state index is 13.9. The predicted molar refractivity (Wildman–Crippen MR) is 75.8 cm³/mol. The van der Waals surface area contributed by atoms with Gasteiger partial charge in [0.1, 0.15) is 11.6 Å². The molecule has 1 aliphatic rings. The zero-order chi connectivity index (χ0) is 14.8. The van der Waals surface area contributed by atoms with E-state index >= 15 is 0 Å². The SMILES string of the molecule is O=C(O)c1cc(N2CCCC2)nc(-c2ccccc2F)n1. The van der Waals surface area contributed by atoms with Gasteiger partial charge < -0.3 is 10.0 Å². The van der Waals surface area contributed by atoms with E-state index in [9.17, 15) is 14.3 Å². The Morgan fingerprint density at radius 1 is 1.19 bits per heavy atom. The molecule has 0 unspecified atom stereocenters. The van der Waals surface area contributed by atoms with Crippen molar-refractivity contribution >= 4 is 11.8 Å². The van der Waals surface area contributed by atoms with Gasteiger partial charge >= 0.3 is 5.97 Å². The van der Waals surface area contributed by atoms with E-state index < -0.39 is 11.8 Å². The van der Waals surface area contributed by atoms with Gasteiger partial charge in [-0.2, -0.15) is 0 Å². The van der Waals surface area contributed by atoms with Gasteiger partial charge in [0.25, 0.3) is 0 Å². The van der Waals surface area contributed by atoms with Crippen molar-refractivity contribution in [1.82, 2.24) is 9.97 Å². The van der Waals surface area contributed by atoms with E-state index in [4.69, 9.17) is 0 Å². The van der Waals surface area contributed by atoms with Gasteiger partial charge in [0.2, 0.25) is 0 Å². The van der Waals surface area contributed by atoms with Crippen molar-refractivity contribution in [2.75, 3.05) is 18.0 Å². The Morgan fingerprint density at radius 2 is 1.90 bits per heavy atom. The number of nitrogens with zero attached hydrogens (tertiary/aromatic N) is 3. The molecular weight excluding hydrogens is 273 g/mol. The summed E-state index contributed by atoms with van der Waals surface area (Å²) in [6.45, 7) is 1.65. The van der Waals surface area contributed by atoms with Crippen LogP contribution in [-0.4, -0.2) is 34.1 Å². The van der Waals surface area contributed by atoms with E-state index in [0.29, 0.717) is 5.82 Å². The minimum absolute atomic E-state index is 0.106. The summed E-state index contributed by atoms with van der Waals surface area (Å²) in [7, 11) is 0. The molecule has 0 saturated carbocycles. The molecule has 5 nitrogen and oxygen atoms in total. The minimum atomic E-state index is -1.14. The number of carboxylic acids is 1. The Hall–Kier alpha value is -2.50. The summed E-state index contributed by atoms with van der Waals surface area (Å²) in [5.74, 6) is -0.962. The van der Waals surface area contributed by atoms with E-state index in [0.717, 1.165) is 25.9 Å². The van der Waals surface area contributed by atoms with E-state index in [-0.39, 0.29) is 17.1 Å². The molecule has 0 spiro atoms. The van der Waals surface area contributed by atoms with Gasteiger partial charge in [-0.05, 0) is 25.0 Å². The fraction of sp³-hybridized carbons (Fsp3) is 0.267. The van der Waals surface area contributed by atoms with Gasteiger partial charge in [-0.1, -0.05) is 12.1 Å². The fourth-order valence-electron chi connectivity index (χ4n) is 2.42. The van der Waals surface area contributed by atoms with Crippen LogP contribution in [0.1, 0.15) is 23.3 Å². The lowest BCUT2D eigenvalue weighted by Crippen LogP contribution is -2.20. The molecule has 0 atom stereocenters. The zero-order valence-electron chi connectivity index (χ0n) is 11.3. The van der Waals surface area contributed by atoms with Crippen LogP contribution < -0.4 is 4.90 Å². The molecule has 0 bridgehead atoms. The Labute approximate surface area is 121 Å². The number of hydrogen-bond donors (Lipinski definition) is 1. The second kappa shape index (κ2) is 5.47. The molecular formula is C15H14FN3O2. The molecule has 2 aromatic rings. The van der Waals surface area contributed by atoms with Crippen molar-refractivity contribution < 1.29 is 14.3 Å². The van der Waals surface area contributed by atoms with Crippen molar-refractivity contribution in [2.24, 2.45) is 0 Å². The van der Waals surface area contributed by atoms with Crippen molar-refractivity contribution in [2.45, 2.75) is 12.8 Å². The number of halogens is 1. The highest BCUT2D eigenvalue weighted by Gasteiger charge is 2.19. The first kappa shape index (κ1) is 13.5. The van der Waals surface area contributed by atoms with Gasteiger partial charge in [0.05, 0.1) is 5.56 Å². The zero-order valence-corrected chi connectivity index (χ0v) is 11.3. The normalized spacial score (nSPS) is 14.4. The lowest BCUT2D eigenvalue weighted by atomic mass is 10.2. The average Bonchev–Trinajstić information content (AvgIpc) is 3.01. The standard InChI is InChI=1S/C15H14FN3O2/c16-11-6-2-1-5-10(11)14-17-12(15(20)21)9-13(18-14)19-7-3-4-8-19/h1-2,5-6,9H,3-4,7-8H2,(H,20,21). The average molecular weight is 287 g/mol. The number of carboxylic acid groups (broad SMARTS) is 1. The first-order chi connectivity index (χ1) is 10.1. The number of benzene rings is 1. The van der Waals surface area contributed by atoms with Crippen molar-refractivity contribution in [3.63, 3.8) is 0 Å². The summed E-state index contributed by atoms with van der Waals surface area (Å²) < 4.78 is 13.9. The number of rotatable bonds is 3. The largest absolute Gasteiger partial charge is 0.477 e. The van der Waals surface area contributed by atoms with Gasteiger partial charge in [0.15, 0.2) is 11.5 Å². The highest BCUT2D eigenvalue weighted by molar-refractivity contribution is 5.87. The molecule has 1 aromatic heterocycles. The number of carbonyl (C=O) groups is 1. The number of aromatic nitrogens is 2. The van der Waals surface area contributed by atoms with Gasteiger partial charge in [-0.25, -0.2) is 19.2 Å². The third-order valence-electron chi connectivity index (χ3n) is 3.48. The lowest BCUT2D eigenvalue weighted by Gasteiger charge is -2.17. The first-order valence-corrected chi connectivity index (χ1v) is 6.77. The molecule has 0 radical (unpaired) electrons. The lowest BCUT2D eigenvalue weighted by molar-refractivity contribution is 0.0690. The third kappa shape index (κ3) is 2.69. The predicted octanol–water partition coefficient (Wildman–Crippen LogP) is 2.58. The summed E-state index contributed by atoms with van der Waals surface area (Å²) in [5, 5.41) is 9.19. The molecule has 1 aliphatic heterocycles. The van der Waals surface area contributed by atoms with Crippen LogP contribution in [0.5, 0.6) is 0 Å². The Balaban J connectivity index is 2.11. The summed E-state index contributed by atoms with van der Waals surface area (Å²) in [6, 6.07) is 7.54. The number of aromatic carboxylic acids is 1. The molecule has 0 aliphatic carbocycles. The highest BCUT2D eigenvalue weighted by Crippen LogP contribution is 2.24. The van der Waals surface area contributed by atoms with Gasteiger partial charge in [0, 0.05) is 19.2 Å². The van der Waals surface area contributed by atoms with Gasteiger partial charge in [-0.3, -0.25) is 0 Å². The smallest absolute Gasteiger partial charge is 0.354 e. The summed E-state index contributed by atoms with van der Waals surface area (Å²) in [4.78, 5) is 21.5. The Bertz CT molecular complexity index is 684. The quantitative estimate of drug-likeness (QED) is 0.939. The van der Waals surface area contributed by atoms with E-state index in [2.05, 4.69) is 9.97 Å². The second-order valence-corrected chi connectivity index (χ2v) is 4.91. The van der Waals surface area contributed by atoms with E-state index in [1.165, 1.54) is 12.1 Å². The molecule has 1 saturated heterocycles. The molecule has 21 heavy (non-hydrogen) atoms. The van der Waals surface area contributed by atoms with Crippen LogP contribution in [0.3, 0.4) is 0 Å². The highest BCUT2D eigenvalue weighted by atomic mass is 19.1. The Morgan fingerprint density at radius 3 is 2.57 bits per heavy atom. The van der Waals surface area contributed by atoms with Crippen LogP contribution in [0.4, 0.5) is 10.2 Å². The molecule has 1 aromatic carbocycles. The molecule has 3 rings (SSSR count). The van der Waals surface area contributed by atoms with Crippen LogP contribution in [0, 0.1) is 5.82 Å². The van der Waals surface area contributed by atoms with Crippen molar-refractivity contribution in [3.05, 3.63) is 41.8 Å². The fourth-order valence-corrected chi connectivity index (χ4v) is 2.42. The summed E-state index contributed by atoms with van der Waals surface area (Å²) in [5.41, 5.74) is 0.0891. The number of hydrogen-bond acceptors (Lipinski definition) is 4. The molecule has 108 valence electrons. The first-order valence-electron chi connectivity index (χ1n) is 6.77. The minimum Gasteiger partial charge on any atom is -0.477 e. The molecule has 1 fully saturated rings. The van der Waals surface area contributed by atoms with Crippen LogP contribution >= 0.6 is 0 Å². The second-order valence-electron chi connectivity index (χ2n) is 4.91. The number of anilines is 1. The maximum Gasteiger partial charge on any atom is 0.354 e. The summed E-state index contributed by atoms with van der Waals surface area (Å²) >= 11 is 0. The van der Waals surface area contributed by atoms with Crippen LogP contribution in [0.2, 0.25) is 0 Å². The Kier molecular flexibility index (Phi) is 3.51. The summed E-state index contributed by atoms with van der Waals surface area (Å²) in [6.07, 6.45) is 2.09.